The first-order chi connectivity index (χ1) is 36.7. The Bertz CT molecular complexity index is 4310. The van der Waals surface area contributed by atoms with E-state index in [1.54, 1.807) is 0 Å². The monoisotopic (exact) mass is 992 g/mol. The zero-order valence-electron chi connectivity index (χ0n) is 46.2. The molecular weight excluding hydrogens is 933 g/mol. The van der Waals surface area contributed by atoms with E-state index in [2.05, 4.69) is 232 Å². The molecule has 11 aromatic rings. The highest BCUT2D eigenvalue weighted by Gasteiger charge is 2.57. The SMILES string of the molecule is CC(C)(C)c1ccc2c(c1)B1c3ccc4c(oc5ccccc54)c3-c3cc4c5c6c3N1c1c(cc(C(C)(C)C)cc1-2)B6c1cc(C(C)(C)C)cc2c1N5B(c1cc(C(C)(C)C)ccc1-2)c1ccc2c(oc3ccccc32)c1-4. The Morgan fingerprint density at radius 2 is 0.727 bits per heavy atom. The average molecular weight is 993 g/mol. The van der Waals surface area contributed by atoms with Gasteiger partial charge in [-0.1, -0.05) is 192 Å². The third kappa shape index (κ3) is 5.48. The smallest absolute Gasteiger partial charge is 0.329 e. The largest absolute Gasteiger partial charge is 0.455 e. The summed E-state index contributed by atoms with van der Waals surface area (Å²) < 4.78 is 14.6. The van der Waals surface area contributed by atoms with Crippen molar-refractivity contribution in [2.75, 3.05) is 9.62 Å². The van der Waals surface area contributed by atoms with Gasteiger partial charge in [0.2, 0.25) is 0 Å². The summed E-state index contributed by atoms with van der Waals surface area (Å²) in [6.07, 6.45) is 0. The van der Waals surface area contributed by atoms with Gasteiger partial charge in [0.15, 0.2) is 0 Å². The summed E-state index contributed by atoms with van der Waals surface area (Å²) in [6.45, 7) is 28.2. The predicted octanol–water partition coefficient (Wildman–Crippen LogP) is 13.6. The van der Waals surface area contributed by atoms with Gasteiger partial charge < -0.3 is 18.5 Å². The minimum absolute atomic E-state index is 0.0577. The van der Waals surface area contributed by atoms with E-state index < -0.39 is 0 Å². The number of fused-ring (bicyclic) bond motifs is 22. The van der Waals surface area contributed by atoms with Crippen LogP contribution in [-0.4, -0.2) is 20.4 Å². The maximum atomic E-state index is 7.30. The molecule has 0 unspecified atom stereocenters. The zero-order valence-corrected chi connectivity index (χ0v) is 46.2. The molecule has 6 aliphatic heterocycles. The van der Waals surface area contributed by atoms with Crippen molar-refractivity contribution < 1.29 is 8.83 Å². The molecule has 6 aliphatic rings. The van der Waals surface area contributed by atoms with Crippen LogP contribution in [0.2, 0.25) is 0 Å². The van der Waals surface area contributed by atoms with E-state index in [4.69, 9.17) is 8.83 Å². The standard InChI is InChI=1S/C70H59B3N2O2/c1-67(2,3)36-21-23-40-46-29-38(69(7,8)9)33-54-61(46)74-63-48(58-50(72(74)52(40)31-36)27-25-44-42-17-13-15-19-56(42)76-65(44)58)35-49-59-51(28-26-45-43-18-14-16-20-57(43)77-66(45)59)73-53-32-37(68(4,5)6)22-24-41(53)47-30-39(70(10,11)12)34-55-62(47)75(73)64(49)60(63)71(54)55/h13-35H,1-12H3. The molecule has 9 aromatic carbocycles. The molecule has 0 atom stereocenters. The topological polar surface area (TPSA) is 32.8 Å². The van der Waals surface area contributed by atoms with Gasteiger partial charge in [0, 0.05) is 77.7 Å². The van der Waals surface area contributed by atoms with Crippen LogP contribution in [0.4, 0.5) is 22.7 Å². The maximum absolute atomic E-state index is 7.30. The second-order valence-corrected chi connectivity index (χ2v) is 27.6. The van der Waals surface area contributed by atoms with Crippen LogP contribution in [0.15, 0.2) is 148 Å². The normalized spacial score (nSPS) is 15.1. The Kier molecular flexibility index (Phi) is 8.04. The lowest BCUT2D eigenvalue weighted by Gasteiger charge is -2.55. The quantitative estimate of drug-likeness (QED) is 0.142. The molecule has 8 heterocycles. The first-order valence-electron chi connectivity index (χ1n) is 28.1. The number of rotatable bonds is 0. The molecule has 0 aliphatic carbocycles. The predicted molar refractivity (Wildman–Crippen MR) is 329 cm³/mol. The van der Waals surface area contributed by atoms with Gasteiger partial charge in [-0.15, -0.1) is 0 Å². The van der Waals surface area contributed by atoms with Crippen LogP contribution in [0.1, 0.15) is 105 Å². The van der Waals surface area contributed by atoms with Crippen LogP contribution >= 0.6 is 0 Å². The van der Waals surface area contributed by atoms with Crippen LogP contribution in [0.25, 0.3) is 88.4 Å². The summed E-state index contributed by atoms with van der Waals surface area (Å²) in [6, 6.07) is 54.8. The highest BCUT2D eigenvalue weighted by atomic mass is 16.3. The van der Waals surface area contributed by atoms with Crippen molar-refractivity contribution >= 4 is 125 Å². The molecule has 0 amide bonds. The van der Waals surface area contributed by atoms with E-state index in [1.165, 1.54) is 128 Å². The molecule has 17 rings (SSSR count). The molecule has 0 saturated heterocycles. The number of nitrogens with zero attached hydrogens (tertiary/aromatic N) is 2. The minimum atomic E-state index is -0.120. The molecule has 0 spiro atoms. The Hall–Kier alpha value is -7.63. The Labute approximate surface area is 452 Å². The van der Waals surface area contributed by atoms with Crippen molar-refractivity contribution in [1.29, 1.82) is 0 Å². The second kappa shape index (κ2) is 13.9. The summed E-state index contributed by atoms with van der Waals surface area (Å²) in [5.41, 5.74) is 33.8. The molecular formula is C70H59B3N2O2. The summed E-state index contributed by atoms with van der Waals surface area (Å²) in [7, 11) is 0. The lowest BCUT2D eigenvalue weighted by molar-refractivity contribution is 0.590. The van der Waals surface area contributed by atoms with Crippen LogP contribution in [0.3, 0.4) is 0 Å². The first kappa shape index (κ1) is 44.5. The number of hydrogen-bond acceptors (Lipinski definition) is 4. The van der Waals surface area contributed by atoms with Crippen LogP contribution < -0.4 is 47.9 Å². The van der Waals surface area contributed by atoms with E-state index in [0.29, 0.717) is 0 Å². The van der Waals surface area contributed by atoms with Crippen LogP contribution in [0.5, 0.6) is 0 Å². The van der Waals surface area contributed by atoms with Crippen molar-refractivity contribution in [1.82, 2.24) is 0 Å². The van der Waals surface area contributed by atoms with Gasteiger partial charge in [-0.2, -0.15) is 0 Å². The van der Waals surface area contributed by atoms with Crippen molar-refractivity contribution in [3.8, 4) is 44.5 Å². The molecule has 2 aromatic heterocycles. The Balaban J connectivity index is 1.13. The molecule has 0 radical (unpaired) electrons. The van der Waals surface area contributed by atoms with E-state index in [1.807, 2.05) is 0 Å². The fourth-order valence-electron chi connectivity index (χ4n) is 15.2. The van der Waals surface area contributed by atoms with Crippen molar-refractivity contribution in [3.63, 3.8) is 0 Å². The summed E-state index contributed by atoms with van der Waals surface area (Å²) in [5, 5.41) is 4.60. The van der Waals surface area contributed by atoms with Gasteiger partial charge in [-0.05, 0) is 124 Å². The highest BCUT2D eigenvalue weighted by molar-refractivity contribution is 7.06. The minimum Gasteiger partial charge on any atom is -0.455 e. The van der Waals surface area contributed by atoms with Gasteiger partial charge in [-0.25, -0.2) is 0 Å². The molecule has 77 heavy (non-hydrogen) atoms. The molecule has 0 bridgehead atoms. The fourth-order valence-corrected chi connectivity index (χ4v) is 15.2. The van der Waals surface area contributed by atoms with Gasteiger partial charge in [0.1, 0.15) is 22.3 Å². The number of hydrogen-bond donors (Lipinski definition) is 0. The van der Waals surface area contributed by atoms with Crippen molar-refractivity contribution in [3.05, 3.63) is 162 Å². The molecule has 4 nitrogen and oxygen atoms in total. The Morgan fingerprint density at radius 1 is 0.325 bits per heavy atom. The van der Waals surface area contributed by atoms with Gasteiger partial charge in [-0.3, -0.25) is 0 Å². The van der Waals surface area contributed by atoms with Crippen LogP contribution in [-0.2, 0) is 21.7 Å². The summed E-state index contributed by atoms with van der Waals surface area (Å²) >= 11 is 0. The fraction of sp³-hybridized carbons (Fsp3) is 0.229. The Morgan fingerprint density at radius 3 is 1.14 bits per heavy atom. The third-order valence-electron chi connectivity index (χ3n) is 19.0. The third-order valence-corrected chi connectivity index (χ3v) is 19.0. The zero-order chi connectivity index (χ0) is 52.5. The molecule has 0 saturated carbocycles. The molecule has 370 valence electrons. The first-order valence-corrected chi connectivity index (χ1v) is 28.1. The highest BCUT2D eigenvalue weighted by Crippen LogP contribution is 2.58. The summed E-state index contributed by atoms with van der Waals surface area (Å²) in [5.74, 6) is 0. The maximum Gasteiger partial charge on any atom is 0.329 e. The number of furan rings is 2. The number of para-hydroxylation sites is 2. The summed E-state index contributed by atoms with van der Waals surface area (Å²) in [4.78, 5) is 5.68. The van der Waals surface area contributed by atoms with E-state index >= 15 is 0 Å². The van der Waals surface area contributed by atoms with Gasteiger partial charge in [0.25, 0.3) is 6.71 Å². The molecule has 0 N–H and O–H groups in total. The van der Waals surface area contributed by atoms with E-state index in [9.17, 15) is 0 Å². The molecule has 7 heteroatoms. The van der Waals surface area contributed by atoms with Gasteiger partial charge in [0.05, 0.1) is 0 Å². The second-order valence-electron chi connectivity index (χ2n) is 27.6. The van der Waals surface area contributed by atoms with Crippen molar-refractivity contribution in [2.45, 2.75) is 105 Å². The van der Waals surface area contributed by atoms with Gasteiger partial charge >= 0.3 is 13.7 Å². The van der Waals surface area contributed by atoms with Crippen LogP contribution in [0, 0.1) is 0 Å². The average Bonchev–Trinajstić information content (AvgIpc) is 3.45. The molecule has 0 fully saturated rings. The van der Waals surface area contributed by atoms with E-state index in [-0.39, 0.29) is 42.1 Å². The number of anilines is 4. The lowest BCUT2D eigenvalue weighted by atomic mass is 9.28. The van der Waals surface area contributed by atoms with E-state index in [0.717, 1.165) is 43.9 Å². The lowest BCUT2D eigenvalue weighted by Crippen LogP contribution is -2.72. The number of benzene rings is 9. The van der Waals surface area contributed by atoms with Crippen molar-refractivity contribution in [2.24, 2.45) is 0 Å².